The van der Waals surface area contributed by atoms with Gasteiger partial charge in [0.2, 0.25) is 0 Å². The minimum Gasteiger partial charge on any atom is -0.399 e. The Bertz CT molecular complexity index is 465. The Morgan fingerprint density at radius 3 is 2.94 bits per heavy atom. The number of benzene rings is 1. The summed E-state index contributed by atoms with van der Waals surface area (Å²) in [6, 6.07) is 4.14. The molecule has 1 aromatic carbocycles. The number of nitrogens with two attached hydrogens (primary N) is 1. The normalized spacial score (nSPS) is 19.9. The molecule has 1 aromatic rings. The van der Waals surface area contributed by atoms with Crippen molar-refractivity contribution in [2.75, 3.05) is 25.9 Å². The van der Waals surface area contributed by atoms with Gasteiger partial charge in [-0.2, -0.15) is 0 Å². The lowest BCUT2D eigenvalue weighted by Gasteiger charge is -2.28. The monoisotopic (exact) mass is 216 g/mol. The third-order valence-electron chi connectivity index (χ3n) is 3.23. The van der Waals surface area contributed by atoms with Crippen molar-refractivity contribution < 1.29 is 4.74 Å². The molecule has 3 heteroatoms. The molecule has 0 spiro atoms. The van der Waals surface area contributed by atoms with E-state index >= 15 is 0 Å². The van der Waals surface area contributed by atoms with Gasteiger partial charge in [-0.25, -0.2) is 0 Å². The van der Waals surface area contributed by atoms with Crippen molar-refractivity contribution in [3.63, 3.8) is 0 Å². The molecule has 0 atom stereocenters. The zero-order valence-corrected chi connectivity index (χ0v) is 9.49. The predicted molar refractivity (Wildman–Crippen MR) is 64.8 cm³/mol. The second-order valence-electron chi connectivity index (χ2n) is 4.63. The Morgan fingerprint density at radius 1 is 1.25 bits per heavy atom. The standard InChI is InChI=1S/C13H16N2O/c1-15-6-9-2-3-16-8-11-5-12(14)4-10(7-15)13(9)11/h2,4-5H,3,6-8,14H2,1H3. The Balaban J connectivity index is 2.22. The van der Waals surface area contributed by atoms with E-state index in [4.69, 9.17) is 10.5 Å². The summed E-state index contributed by atoms with van der Waals surface area (Å²) in [7, 11) is 2.14. The lowest BCUT2D eigenvalue weighted by atomic mass is 9.90. The first-order chi connectivity index (χ1) is 7.74. The van der Waals surface area contributed by atoms with Crippen molar-refractivity contribution in [2.45, 2.75) is 13.2 Å². The van der Waals surface area contributed by atoms with Gasteiger partial charge in [-0.05, 0) is 41.4 Å². The van der Waals surface area contributed by atoms with Gasteiger partial charge >= 0.3 is 0 Å². The molecular weight excluding hydrogens is 200 g/mol. The van der Waals surface area contributed by atoms with Crippen LogP contribution in [0, 0.1) is 0 Å². The molecule has 0 saturated carbocycles. The van der Waals surface area contributed by atoms with Crippen LogP contribution in [0.5, 0.6) is 0 Å². The third-order valence-corrected chi connectivity index (χ3v) is 3.23. The van der Waals surface area contributed by atoms with Crippen LogP contribution in [0.25, 0.3) is 5.57 Å². The van der Waals surface area contributed by atoms with E-state index in [-0.39, 0.29) is 0 Å². The maximum Gasteiger partial charge on any atom is 0.0727 e. The first-order valence-corrected chi connectivity index (χ1v) is 5.61. The summed E-state index contributed by atoms with van der Waals surface area (Å²) in [5.74, 6) is 0. The van der Waals surface area contributed by atoms with E-state index in [2.05, 4.69) is 24.1 Å². The van der Waals surface area contributed by atoms with Gasteiger partial charge in [0, 0.05) is 18.8 Å². The summed E-state index contributed by atoms with van der Waals surface area (Å²) in [6.07, 6.45) is 2.20. The van der Waals surface area contributed by atoms with Crippen LogP contribution in [0.15, 0.2) is 18.2 Å². The van der Waals surface area contributed by atoms with Gasteiger partial charge in [-0.1, -0.05) is 6.08 Å². The summed E-state index contributed by atoms with van der Waals surface area (Å²) >= 11 is 0. The SMILES string of the molecule is CN1CC2=CCOCc3cc(N)cc(c32)C1. The minimum atomic E-state index is 0.678. The fourth-order valence-corrected chi connectivity index (χ4v) is 2.66. The summed E-state index contributed by atoms with van der Waals surface area (Å²) in [4.78, 5) is 2.31. The Morgan fingerprint density at radius 2 is 2.06 bits per heavy atom. The van der Waals surface area contributed by atoms with Gasteiger partial charge in [-0.3, -0.25) is 4.90 Å². The van der Waals surface area contributed by atoms with Crippen molar-refractivity contribution in [1.29, 1.82) is 0 Å². The minimum absolute atomic E-state index is 0.678. The van der Waals surface area contributed by atoms with Crippen LogP contribution in [-0.4, -0.2) is 25.1 Å². The summed E-state index contributed by atoms with van der Waals surface area (Å²) < 4.78 is 5.58. The first-order valence-electron chi connectivity index (χ1n) is 5.61. The molecule has 16 heavy (non-hydrogen) atoms. The molecule has 0 aliphatic carbocycles. The highest BCUT2D eigenvalue weighted by atomic mass is 16.5. The van der Waals surface area contributed by atoms with Gasteiger partial charge in [-0.15, -0.1) is 0 Å². The van der Waals surface area contributed by atoms with E-state index in [9.17, 15) is 0 Å². The quantitative estimate of drug-likeness (QED) is 0.670. The molecule has 3 rings (SSSR count). The summed E-state index contributed by atoms with van der Waals surface area (Å²) in [5.41, 5.74) is 12.1. The molecule has 3 nitrogen and oxygen atoms in total. The van der Waals surface area contributed by atoms with Gasteiger partial charge < -0.3 is 10.5 Å². The maximum absolute atomic E-state index is 5.93. The van der Waals surface area contributed by atoms with Crippen LogP contribution in [0.3, 0.4) is 0 Å². The van der Waals surface area contributed by atoms with E-state index < -0.39 is 0 Å². The van der Waals surface area contributed by atoms with Crippen LogP contribution in [0.1, 0.15) is 16.7 Å². The molecule has 2 aliphatic rings. The maximum atomic E-state index is 5.93. The van der Waals surface area contributed by atoms with E-state index in [1.54, 1.807) is 0 Å². The Labute approximate surface area is 95.5 Å². The van der Waals surface area contributed by atoms with Crippen LogP contribution in [0.2, 0.25) is 0 Å². The zero-order valence-electron chi connectivity index (χ0n) is 9.49. The highest BCUT2D eigenvalue weighted by Crippen LogP contribution is 2.33. The van der Waals surface area contributed by atoms with Crippen molar-refractivity contribution >= 4 is 11.3 Å². The zero-order chi connectivity index (χ0) is 11.1. The lowest BCUT2D eigenvalue weighted by Crippen LogP contribution is -2.26. The second-order valence-corrected chi connectivity index (χ2v) is 4.63. The average Bonchev–Trinajstić information content (AvgIpc) is 2.40. The van der Waals surface area contributed by atoms with Crippen molar-refractivity contribution in [3.05, 3.63) is 34.9 Å². The highest BCUT2D eigenvalue weighted by molar-refractivity contribution is 5.76. The number of anilines is 1. The molecule has 84 valence electrons. The molecule has 0 bridgehead atoms. The molecule has 0 fully saturated rings. The largest absolute Gasteiger partial charge is 0.399 e. The Kier molecular flexibility index (Phi) is 2.23. The van der Waals surface area contributed by atoms with Crippen LogP contribution >= 0.6 is 0 Å². The molecular formula is C13H16N2O. The molecule has 2 N–H and O–H groups in total. The molecule has 2 heterocycles. The van der Waals surface area contributed by atoms with Gasteiger partial charge in [0.15, 0.2) is 0 Å². The topological polar surface area (TPSA) is 38.5 Å². The average molecular weight is 216 g/mol. The van der Waals surface area contributed by atoms with E-state index in [0.717, 1.165) is 18.8 Å². The number of hydrogen-bond acceptors (Lipinski definition) is 3. The molecule has 2 aliphatic heterocycles. The number of ether oxygens (including phenoxy) is 1. The number of hydrogen-bond donors (Lipinski definition) is 1. The van der Waals surface area contributed by atoms with Crippen molar-refractivity contribution in [3.8, 4) is 0 Å². The fraction of sp³-hybridized carbons (Fsp3) is 0.385. The van der Waals surface area contributed by atoms with Gasteiger partial charge in [0.05, 0.1) is 13.2 Å². The number of nitrogens with zero attached hydrogens (tertiary/aromatic N) is 1. The summed E-state index contributed by atoms with van der Waals surface area (Å²) in [5, 5.41) is 0. The lowest BCUT2D eigenvalue weighted by molar-refractivity contribution is 0.150. The molecule has 0 unspecified atom stereocenters. The van der Waals surface area contributed by atoms with Crippen LogP contribution < -0.4 is 5.73 Å². The van der Waals surface area contributed by atoms with E-state index in [1.807, 2.05) is 6.07 Å². The van der Waals surface area contributed by atoms with Crippen LogP contribution in [-0.2, 0) is 17.9 Å². The third kappa shape index (κ3) is 1.52. The van der Waals surface area contributed by atoms with E-state index in [1.165, 1.54) is 22.3 Å². The number of nitrogen functional groups attached to an aromatic ring is 1. The van der Waals surface area contributed by atoms with Crippen molar-refractivity contribution in [2.24, 2.45) is 0 Å². The number of likely N-dealkylation sites (N-methyl/N-ethyl adjacent to an activating group) is 1. The molecule has 0 amide bonds. The van der Waals surface area contributed by atoms with Crippen LogP contribution in [0.4, 0.5) is 5.69 Å². The van der Waals surface area contributed by atoms with Gasteiger partial charge in [0.1, 0.15) is 0 Å². The molecule has 0 radical (unpaired) electrons. The summed E-state index contributed by atoms with van der Waals surface area (Å²) in [6.45, 7) is 3.37. The molecule has 0 saturated heterocycles. The molecule has 0 aromatic heterocycles. The smallest absolute Gasteiger partial charge is 0.0727 e. The van der Waals surface area contributed by atoms with E-state index in [0.29, 0.717) is 13.2 Å². The Hall–Kier alpha value is -1.32. The second kappa shape index (κ2) is 3.61. The van der Waals surface area contributed by atoms with Gasteiger partial charge in [0.25, 0.3) is 0 Å². The predicted octanol–water partition coefficient (Wildman–Crippen LogP) is 1.63. The highest BCUT2D eigenvalue weighted by Gasteiger charge is 2.22. The number of rotatable bonds is 0. The first kappa shape index (κ1) is 9.87. The fourth-order valence-electron chi connectivity index (χ4n) is 2.66. The van der Waals surface area contributed by atoms with Crippen molar-refractivity contribution in [1.82, 2.24) is 4.90 Å².